The highest BCUT2D eigenvalue weighted by molar-refractivity contribution is 6.06. The van der Waals surface area contributed by atoms with Crippen LogP contribution in [0.25, 0.3) is 21.9 Å². The number of hydrogen-bond donors (Lipinski definition) is 2. The van der Waals surface area contributed by atoms with Gasteiger partial charge in [-0.2, -0.15) is 0 Å². The molecule has 4 N–H and O–H groups in total. The molecule has 0 spiro atoms. The molecule has 1 aromatic carbocycles. The highest BCUT2D eigenvalue weighted by Crippen LogP contribution is 2.25. The molecule has 0 unspecified atom stereocenters. The fourth-order valence-electron chi connectivity index (χ4n) is 1.88. The first-order valence-electron chi connectivity index (χ1n) is 4.68. The smallest absolute Gasteiger partial charge is 0.161 e. The van der Waals surface area contributed by atoms with Crippen LogP contribution >= 0.6 is 0 Å². The van der Waals surface area contributed by atoms with Gasteiger partial charge in [0.15, 0.2) is 5.65 Å². The summed E-state index contributed by atoms with van der Waals surface area (Å²) < 4.78 is 1.57. The maximum atomic E-state index is 5.94. The van der Waals surface area contributed by atoms with Crippen molar-refractivity contribution in [2.24, 2.45) is 0 Å². The Bertz CT molecular complexity index is 654. The van der Waals surface area contributed by atoms with Gasteiger partial charge in [0.1, 0.15) is 5.82 Å². The molecular formula is C11H10N4. The number of rotatable bonds is 0. The Morgan fingerprint density at radius 2 is 1.80 bits per heavy atom. The van der Waals surface area contributed by atoms with Gasteiger partial charge in [-0.3, -0.25) is 0 Å². The molecule has 2 heterocycles. The lowest BCUT2D eigenvalue weighted by atomic mass is 10.2. The standard InChI is InChI=1S/C11H10N4/c12-10-6-5-8-7-3-1-2-4-9(7)15(13)11(8)14-10/h1-6H,13H2,(H2,12,14). The van der Waals surface area contributed by atoms with Crippen molar-refractivity contribution in [1.29, 1.82) is 0 Å². The first kappa shape index (κ1) is 8.11. The molecule has 4 nitrogen and oxygen atoms in total. The zero-order valence-corrected chi connectivity index (χ0v) is 8.01. The molecule has 3 aromatic rings. The van der Waals surface area contributed by atoms with Crippen molar-refractivity contribution in [2.45, 2.75) is 0 Å². The van der Waals surface area contributed by atoms with Crippen LogP contribution in [-0.2, 0) is 0 Å². The van der Waals surface area contributed by atoms with Crippen LogP contribution in [0.15, 0.2) is 36.4 Å². The number of nitrogen functional groups attached to an aromatic ring is 2. The van der Waals surface area contributed by atoms with E-state index in [-0.39, 0.29) is 0 Å². The van der Waals surface area contributed by atoms with E-state index < -0.39 is 0 Å². The number of benzene rings is 1. The van der Waals surface area contributed by atoms with Gasteiger partial charge in [-0.25, -0.2) is 9.66 Å². The molecule has 0 fully saturated rings. The maximum Gasteiger partial charge on any atom is 0.161 e. The molecular weight excluding hydrogens is 188 g/mol. The summed E-state index contributed by atoms with van der Waals surface area (Å²) in [5, 5.41) is 2.13. The average Bonchev–Trinajstić information content (AvgIpc) is 2.54. The highest BCUT2D eigenvalue weighted by Gasteiger charge is 2.08. The second-order valence-corrected chi connectivity index (χ2v) is 3.49. The Balaban J connectivity index is 2.63. The second kappa shape index (κ2) is 2.63. The molecule has 0 aliphatic carbocycles. The second-order valence-electron chi connectivity index (χ2n) is 3.49. The SMILES string of the molecule is Nc1ccc2c3ccccc3n(N)c2n1. The number of nitrogens with zero attached hydrogens (tertiary/aromatic N) is 2. The number of hydrogen-bond acceptors (Lipinski definition) is 3. The van der Waals surface area contributed by atoms with Gasteiger partial charge < -0.3 is 11.6 Å². The number of para-hydroxylation sites is 1. The zero-order valence-electron chi connectivity index (χ0n) is 8.01. The fraction of sp³-hybridized carbons (Fsp3) is 0. The number of fused-ring (bicyclic) bond motifs is 3. The molecule has 15 heavy (non-hydrogen) atoms. The van der Waals surface area contributed by atoms with E-state index in [0.29, 0.717) is 5.82 Å². The molecule has 0 saturated carbocycles. The molecule has 0 saturated heterocycles. The van der Waals surface area contributed by atoms with Crippen molar-refractivity contribution in [3.8, 4) is 0 Å². The quantitative estimate of drug-likeness (QED) is 0.537. The Hall–Kier alpha value is -2.23. The van der Waals surface area contributed by atoms with E-state index >= 15 is 0 Å². The van der Waals surface area contributed by atoms with Crippen LogP contribution in [-0.4, -0.2) is 9.66 Å². The third kappa shape index (κ3) is 0.985. The van der Waals surface area contributed by atoms with Crippen molar-refractivity contribution in [2.75, 3.05) is 11.6 Å². The van der Waals surface area contributed by atoms with E-state index in [2.05, 4.69) is 4.98 Å². The Morgan fingerprint density at radius 3 is 2.67 bits per heavy atom. The van der Waals surface area contributed by atoms with Crippen LogP contribution in [0, 0.1) is 0 Å². The van der Waals surface area contributed by atoms with Gasteiger partial charge in [-0.05, 0) is 18.2 Å². The van der Waals surface area contributed by atoms with E-state index in [4.69, 9.17) is 11.6 Å². The number of aromatic nitrogens is 2. The molecule has 4 heteroatoms. The minimum atomic E-state index is 0.483. The van der Waals surface area contributed by atoms with Crippen molar-refractivity contribution in [3.63, 3.8) is 0 Å². The first-order chi connectivity index (χ1) is 7.27. The van der Waals surface area contributed by atoms with E-state index in [0.717, 1.165) is 21.9 Å². The van der Waals surface area contributed by atoms with Crippen molar-refractivity contribution in [1.82, 2.24) is 9.66 Å². The van der Waals surface area contributed by atoms with Gasteiger partial charge in [-0.1, -0.05) is 18.2 Å². The van der Waals surface area contributed by atoms with E-state index in [1.54, 1.807) is 10.7 Å². The summed E-state index contributed by atoms with van der Waals surface area (Å²) in [7, 11) is 0. The fourth-order valence-corrected chi connectivity index (χ4v) is 1.88. The van der Waals surface area contributed by atoms with E-state index in [9.17, 15) is 0 Å². The van der Waals surface area contributed by atoms with Gasteiger partial charge in [0, 0.05) is 10.8 Å². The lowest BCUT2D eigenvalue weighted by Crippen LogP contribution is -2.08. The van der Waals surface area contributed by atoms with E-state index in [1.807, 2.05) is 30.3 Å². The Kier molecular flexibility index (Phi) is 1.42. The van der Waals surface area contributed by atoms with Crippen molar-refractivity contribution >= 4 is 27.8 Å². The molecule has 0 aliphatic rings. The van der Waals surface area contributed by atoms with Crippen LogP contribution in [0.4, 0.5) is 5.82 Å². The predicted octanol–water partition coefficient (Wildman–Crippen LogP) is 1.49. The number of pyridine rings is 1. The highest BCUT2D eigenvalue weighted by atomic mass is 15.3. The average molecular weight is 198 g/mol. The first-order valence-corrected chi connectivity index (χ1v) is 4.68. The zero-order chi connectivity index (χ0) is 10.4. The van der Waals surface area contributed by atoms with Crippen LogP contribution in [0.1, 0.15) is 0 Å². The largest absolute Gasteiger partial charge is 0.384 e. The van der Waals surface area contributed by atoms with E-state index in [1.165, 1.54) is 0 Å². The molecule has 0 atom stereocenters. The summed E-state index contributed by atoms with van der Waals surface area (Å²) in [6.07, 6.45) is 0. The Morgan fingerprint density at radius 1 is 1.00 bits per heavy atom. The third-order valence-corrected chi connectivity index (χ3v) is 2.58. The van der Waals surface area contributed by atoms with Gasteiger partial charge in [-0.15, -0.1) is 0 Å². The van der Waals surface area contributed by atoms with Crippen molar-refractivity contribution in [3.05, 3.63) is 36.4 Å². The summed E-state index contributed by atoms with van der Waals surface area (Å²) >= 11 is 0. The summed E-state index contributed by atoms with van der Waals surface area (Å²) in [6.45, 7) is 0. The molecule has 0 radical (unpaired) electrons. The Labute approximate surface area is 86.1 Å². The number of nitrogens with two attached hydrogens (primary N) is 2. The normalized spacial score (nSPS) is 11.2. The minimum Gasteiger partial charge on any atom is -0.384 e. The number of anilines is 1. The van der Waals surface area contributed by atoms with Crippen LogP contribution in [0.3, 0.4) is 0 Å². The molecule has 0 bridgehead atoms. The lowest BCUT2D eigenvalue weighted by molar-refractivity contribution is 1.08. The van der Waals surface area contributed by atoms with Gasteiger partial charge >= 0.3 is 0 Å². The van der Waals surface area contributed by atoms with Gasteiger partial charge in [0.05, 0.1) is 5.52 Å². The molecule has 74 valence electrons. The molecule has 3 rings (SSSR count). The van der Waals surface area contributed by atoms with Crippen LogP contribution < -0.4 is 11.6 Å². The van der Waals surface area contributed by atoms with Crippen molar-refractivity contribution < 1.29 is 0 Å². The lowest BCUT2D eigenvalue weighted by Gasteiger charge is -1.96. The predicted molar refractivity (Wildman–Crippen MR) is 61.8 cm³/mol. The summed E-state index contributed by atoms with van der Waals surface area (Å²) in [6, 6.07) is 11.7. The molecule has 0 amide bonds. The third-order valence-electron chi connectivity index (χ3n) is 2.58. The van der Waals surface area contributed by atoms with Gasteiger partial charge in [0.25, 0.3) is 0 Å². The molecule has 2 aromatic heterocycles. The molecule has 0 aliphatic heterocycles. The maximum absolute atomic E-state index is 5.94. The van der Waals surface area contributed by atoms with Crippen LogP contribution in [0.2, 0.25) is 0 Å². The topological polar surface area (TPSA) is 69.9 Å². The summed E-state index contributed by atoms with van der Waals surface area (Å²) in [4.78, 5) is 4.23. The summed E-state index contributed by atoms with van der Waals surface area (Å²) in [5.74, 6) is 6.43. The van der Waals surface area contributed by atoms with Gasteiger partial charge in [0.2, 0.25) is 0 Å². The summed E-state index contributed by atoms with van der Waals surface area (Å²) in [5.41, 5.74) is 7.32. The monoisotopic (exact) mass is 198 g/mol. The minimum absolute atomic E-state index is 0.483. The van der Waals surface area contributed by atoms with Crippen LogP contribution in [0.5, 0.6) is 0 Å².